The highest BCUT2D eigenvalue weighted by atomic mass is 35.5. The largest absolute Gasteiger partial charge is 0.480 e. The molecular weight excluding hydrogens is 299 g/mol. The number of hydrogen-bond acceptors (Lipinski definition) is 3. The minimum absolute atomic E-state index is 0. The summed E-state index contributed by atoms with van der Waals surface area (Å²) in [5.41, 5.74) is 0.126. The third-order valence-corrected chi connectivity index (χ3v) is 2.77. The summed E-state index contributed by atoms with van der Waals surface area (Å²) in [4.78, 5) is 22.5. The number of carbonyl (C=O) groups excluding carboxylic acids is 1. The van der Waals surface area contributed by atoms with E-state index in [1.807, 2.05) is 6.92 Å². The van der Waals surface area contributed by atoms with Crippen LogP contribution in [0.25, 0.3) is 0 Å². The fourth-order valence-corrected chi connectivity index (χ4v) is 1.74. The molecule has 0 aliphatic heterocycles. The molecule has 1 aromatic rings. The van der Waals surface area contributed by atoms with Gasteiger partial charge < -0.3 is 15.7 Å². The number of aliphatic carboxylic acids is 1. The van der Waals surface area contributed by atoms with E-state index >= 15 is 0 Å². The number of carboxylic acid groups (broad SMARTS) is 1. The van der Waals surface area contributed by atoms with Crippen molar-refractivity contribution in [1.29, 1.82) is 0 Å². The lowest BCUT2D eigenvalue weighted by atomic mass is 10.1. The van der Waals surface area contributed by atoms with E-state index in [0.29, 0.717) is 6.42 Å². The molecule has 1 atom stereocenters. The van der Waals surface area contributed by atoms with Crippen molar-refractivity contribution in [3.8, 4) is 0 Å². The Kier molecular flexibility index (Phi) is 9.32. The quantitative estimate of drug-likeness (QED) is 0.688. The Balaban J connectivity index is 0.00000400. The second-order valence-electron chi connectivity index (χ2n) is 4.41. The topological polar surface area (TPSA) is 78.4 Å². The molecule has 0 aromatic heterocycles. The van der Waals surface area contributed by atoms with Gasteiger partial charge in [0.05, 0.1) is 5.69 Å². The number of nitrogens with one attached hydrogen (secondary N) is 2. The molecule has 5 nitrogen and oxygen atoms in total. The normalized spacial score (nSPS) is 11.3. The molecule has 1 rings (SSSR count). The lowest BCUT2D eigenvalue weighted by Crippen LogP contribution is -2.38. The van der Waals surface area contributed by atoms with Gasteiger partial charge in [0.15, 0.2) is 0 Å². The van der Waals surface area contributed by atoms with E-state index in [1.165, 1.54) is 18.2 Å². The van der Waals surface area contributed by atoms with Crippen molar-refractivity contribution in [1.82, 2.24) is 5.32 Å². The molecule has 0 aliphatic carbocycles. The minimum Gasteiger partial charge on any atom is -0.480 e. The SMILES string of the molecule is CCCC(NCCC(=O)Nc1ccccc1F)C(=O)O.Cl. The Morgan fingerprint density at radius 1 is 1.33 bits per heavy atom. The highest BCUT2D eigenvalue weighted by molar-refractivity contribution is 5.90. The maximum Gasteiger partial charge on any atom is 0.320 e. The molecule has 1 unspecified atom stereocenters. The van der Waals surface area contributed by atoms with Crippen LogP contribution in [0.4, 0.5) is 10.1 Å². The van der Waals surface area contributed by atoms with Crippen LogP contribution < -0.4 is 10.6 Å². The average molecular weight is 319 g/mol. The van der Waals surface area contributed by atoms with Gasteiger partial charge in [-0.3, -0.25) is 9.59 Å². The molecule has 1 aromatic carbocycles. The van der Waals surface area contributed by atoms with Gasteiger partial charge in [0.1, 0.15) is 11.9 Å². The molecule has 21 heavy (non-hydrogen) atoms. The van der Waals surface area contributed by atoms with Crippen LogP contribution in [0.15, 0.2) is 24.3 Å². The zero-order chi connectivity index (χ0) is 15.0. The summed E-state index contributed by atoms with van der Waals surface area (Å²) in [6.07, 6.45) is 1.33. The van der Waals surface area contributed by atoms with Gasteiger partial charge in [-0.05, 0) is 18.6 Å². The van der Waals surface area contributed by atoms with E-state index in [1.54, 1.807) is 6.07 Å². The molecule has 0 aliphatic rings. The third-order valence-electron chi connectivity index (χ3n) is 2.77. The van der Waals surface area contributed by atoms with Gasteiger partial charge in [0, 0.05) is 13.0 Å². The van der Waals surface area contributed by atoms with Gasteiger partial charge in [-0.25, -0.2) is 4.39 Å². The number of para-hydroxylation sites is 1. The smallest absolute Gasteiger partial charge is 0.320 e. The Labute approximate surface area is 129 Å². The zero-order valence-corrected chi connectivity index (χ0v) is 12.6. The Bertz CT molecular complexity index is 471. The maximum absolute atomic E-state index is 13.3. The first kappa shape index (κ1) is 19.3. The number of anilines is 1. The Morgan fingerprint density at radius 3 is 2.57 bits per heavy atom. The number of amides is 1. The fourth-order valence-electron chi connectivity index (χ4n) is 1.74. The van der Waals surface area contributed by atoms with E-state index in [0.717, 1.165) is 6.42 Å². The summed E-state index contributed by atoms with van der Waals surface area (Å²) >= 11 is 0. The Morgan fingerprint density at radius 2 is 2.00 bits per heavy atom. The molecule has 0 bridgehead atoms. The monoisotopic (exact) mass is 318 g/mol. The van der Waals surface area contributed by atoms with Crippen LogP contribution in [-0.2, 0) is 9.59 Å². The molecule has 0 saturated heterocycles. The second-order valence-corrected chi connectivity index (χ2v) is 4.41. The average Bonchev–Trinajstić information content (AvgIpc) is 2.40. The summed E-state index contributed by atoms with van der Waals surface area (Å²) in [7, 11) is 0. The maximum atomic E-state index is 13.3. The summed E-state index contributed by atoms with van der Waals surface area (Å²) < 4.78 is 13.3. The van der Waals surface area contributed by atoms with E-state index in [2.05, 4.69) is 10.6 Å². The summed E-state index contributed by atoms with van der Waals surface area (Å²) in [6.45, 7) is 2.12. The van der Waals surface area contributed by atoms with E-state index in [4.69, 9.17) is 5.11 Å². The number of rotatable bonds is 8. The number of carboxylic acids is 1. The molecular formula is C14H20ClFN2O3. The van der Waals surface area contributed by atoms with Crippen LogP contribution >= 0.6 is 12.4 Å². The summed E-state index contributed by atoms with van der Waals surface area (Å²) in [5, 5.41) is 14.2. The lowest BCUT2D eigenvalue weighted by Gasteiger charge is -2.13. The molecule has 3 N–H and O–H groups in total. The van der Waals surface area contributed by atoms with Crippen molar-refractivity contribution in [2.24, 2.45) is 0 Å². The van der Waals surface area contributed by atoms with Crippen LogP contribution in [0.5, 0.6) is 0 Å². The first-order chi connectivity index (χ1) is 9.54. The number of carbonyl (C=O) groups is 2. The highest BCUT2D eigenvalue weighted by Gasteiger charge is 2.15. The molecule has 7 heteroatoms. The first-order valence-corrected chi connectivity index (χ1v) is 6.55. The van der Waals surface area contributed by atoms with Crippen molar-refractivity contribution in [2.75, 3.05) is 11.9 Å². The van der Waals surface area contributed by atoms with E-state index < -0.39 is 17.8 Å². The predicted molar refractivity (Wildman–Crippen MR) is 81.2 cm³/mol. The molecule has 1 amide bonds. The molecule has 0 spiro atoms. The van der Waals surface area contributed by atoms with Crippen molar-refractivity contribution in [3.63, 3.8) is 0 Å². The van der Waals surface area contributed by atoms with Crippen molar-refractivity contribution < 1.29 is 19.1 Å². The second kappa shape index (κ2) is 10.1. The van der Waals surface area contributed by atoms with Crippen molar-refractivity contribution >= 4 is 30.0 Å². The van der Waals surface area contributed by atoms with Gasteiger partial charge in [0.25, 0.3) is 0 Å². The Hall–Kier alpha value is -1.66. The molecule has 118 valence electrons. The number of benzene rings is 1. The van der Waals surface area contributed by atoms with E-state index in [9.17, 15) is 14.0 Å². The van der Waals surface area contributed by atoms with Gasteiger partial charge in [0.2, 0.25) is 5.91 Å². The van der Waals surface area contributed by atoms with Crippen LogP contribution in [0.1, 0.15) is 26.2 Å². The highest BCUT2D eigenvalue weighted by Crippen LogP contribution is 2.12. The van der Waals surface area contributed by atoms with Crippen LogP contribution in [-0.4, -0.2) is 29.6 Å². The molecule has 0 fully saturated rings. The molecule has 0 radical (unpaired) electrons. The molecule has 0 saturated carbocycles. The van der Waals surface area contributed by atoms with Crippen LogP contribution in [0, 0.1) is 5.82 Å². The van der Waals surface area contributed by atoms with Crippen LogP contribution in [0.3, 0.4) is 0 Å². The number of hydrogen-bond donors (Lipinski definition) is 3. The van der Waals surface area contributed by atoms with E-state index in [-0.39, 0.29) is 37.0 Å². The van der Waals surface area contributed by atoms with Crippen LogP contribution in [0.2, 0.25) is 0 Å². The number of halogens is 2. The van der Waals surface area contributed by atoms with Gasteiger partial charge >= 0.3 is 5.97 Å². The lowest BCUT2D eigenvalue weighted by molar-refractivity contribution is -0.139. The van der Waals surface area contributed by atoms with Gasteiger partial charge in [-0.2, -0.15) is 0 Å². The van der Waals surface area contributed by atoms with Gasteiger partial charge in [-0.1, -0.05) is 25.5 Å². The summed E-state index contributed by atoms with van der Waals surface area (Å²) in [6, 6.07) is 5.24. The van der Waals surface area contributed by atoms with Gasteiger partial charge in [-0.15, -0.1) is 12.4 Å². The summed E-state index contributed by atoms with van der Waals surface area (Å²) in [5.74, 6) is -1.78. The standard InChI is InChI=1S/C14H19FN2O3.ClH/c1-2-5-12(14(19)20)16-9-8-13(18)17-11-7-4-3-6-10(11)15;/h3-4,6-7,12,16H,2,5,8-9H2,1H3,(H,17,18)(H,19,20);1H. The predicted octanol–water partition coefficient (Wildman–Crippen LogP) is 2.42. The van der Waals surface area contributed by atoms with Crippen molar-refractivity contribution in [2.45, 2.75) is 32.2 Å². The minimum atomic E-state index is -0.929. The van der Waals surface area contributed by atoms with Crippen molar-refractivity contribution in [3.05, 3.63) is 30.1 Å². The zero-order valence-electron chi connectivity index (χ0n) is 11.8. The molecule has 0 heterocycles. The first-order valence-electron chi connectivity index (χ1n) is 6.55. The third kappa shape index (κ3) is 7.06. The fraction of sp³-hybridized carbons (Fsp3) is 0.429.